The fourth-order valence-electron chi connectivity index (χ4n) is 3.46. The number of amides is 2. The van der Waals surface area contributed by atoms with Crippen LogP contribution in [0.25, 0.3) is 0 Å². The number of ether oxygens (including phenoxy) is 2. The number of nitrogens with one attached hydrogen (secondary N) is 1. The zero-order valence-corrected chi connectivity index (χ0v) is 18.6. The molecule has 3 aromatic rings. The number of hydrogen-bond acceptors (Lipinski definition) is 4. The van der Waals surface area contributed by atoms with Crippen LogP contribution in [0.2, 0.25) is 5.02 Å². The molecular formula is C25H23ClN2O4. The number of rotatable bonds is 6. The van der Waals surface area contributed by atoms with Crippen molar-refractivity contribution in [2.75, 3.05) is 16.8 Å². The smallest absolute Gasteiger partial charge is 0.270 e. The number of carbonyl (C=O) groups excluding carboxylic acids is 2. The Kier molecular flexibility index (Phi) is 6.06. The second-order valence-corrected chi connectivity index (χ2v) is 8.33. The van der Waals surface area contributed by atoms with Gasteiger partial charge >= 0.3 is 0 Å². The summed E-state index contributed by atoms with van der Waals surface area (Å²) < 4.78 is 11.7. The Morgan fingerprint density at radius 1 is 1.06 bits per heavy atom. The molecule has 1 aliphatic rings. The minimum atomic E-state index is -1.03. The van der Waals surface area contributed by atoms with Gasteiger partial charge in [-0.05, 0) is 56.3 Å². The van der Waals surface area contributed by atoms with Gasteiger partial charge in [0.1, 0.15) is 11.5 Å². The molecule has 1 aliphatic heterocycles. The molecule has 0 spiro atoms. The van der Waals surface area contributed by atoms with Gasteiger partial charge < -0.3 is 19.7 Å². The molecule has 6 nitrogen and oxygen atoms in total. The summed E-state index contributed by atoms with van der Waals surface area (Å²) in [6.07, 6.45) is 0.0907. The maximum Gasteiger partial charge on any atom is 0.270 e. The van der Waals surface area contributed by atoms with Crippen LogP contribution in [0, 0.1) is 0 Å². The first-order chi connectivity index (χ1) is 15.3. The number of carbonyl (C=O) groups is 2. The molecular weight excluding hydrogens is 428 g/mol. The van der Waals surface area contributed by atoms with Crippen molar-refractivity contribution in [3.8, 4) is 17.2 Å². The molecule has 0 fully saturated rings. The van der Waals surface area contributed by atoms with Crippen LogP contribution in [0.5, 0.6) is 17.2 Å². The van der Waals surface area contributed by atoms with Gasteiger partial charge in [-0.15, -0.1) is 0 Å². The number of para-hydroxylation sites is 3. The average molecular weight is 451 g/mol. The molecule has 7 heteroatoms. The SMILES string of the molecule is CC1(C)Oc2ccc(Cl)cc2N(CCC(=O)Nc2ccccc2Oc2ccccc2)C1=O. The van der Waals surface area contributed by atoms with Crippen LogP contribution in [-0.4, -0.2) is 24.0 Å². The number of nitrogens with zero attached hydrogens (tertiary/aromatic N) is 1. The molecule has 3 aromatic carbocycles. The van der Waals surface area contributed by atoms with Gasteiger partial charge in [-0.2, -0.15) is 0 Å². The lowest BCUT2D eigenvalue weighted by Crippen LogP contribution is -2.53. The summed E-state index contributed by atoms with van der Waals surface area (Å²) in [5, 5.41) is 3.37. The Labute approximate surface area is 191 Å². The van der Waals surface area contributed by atoms with Gasteiger partial charge in [0, 0.05) is 18.0 Å². The van der Waals surface area contributed by atoms with Crippen LogP contribution in [-0.2, 0) is 9.59 Å². The lowest BCUT2D eigenvalue weighted by atomic mass is 10.0. The van der Waals surface area contributed by atoms with Crippen molar-refractivity contribution >= 4 is 34.8 Å². The first-order valence-corrected chi connectivity index (χ1v) is 10.6. The Bertz CT molecular complexity index is 1150. The van der Waals surface area contributed by atoms with Crippen LogP contribution in [0.4, 0.5) is 11.4 Å². The number of fused-ring (bicyclic) bond motifs is 1. The van der Waals surface area contributed by atoms with E-state index in [1.54, 1.807) is 49.1 Å². The van der Waals surface area contributed by atoms with Crippen LogP contribution >= 0.6 is 11.6 Å². The molecule has 164 valence electrons. The van der Waals surface area contributed by atoms with Crippen LogP contribution < -0.4 is 19.7 Å². The van der Waals surface area contributed by atoms with E-state index in [2.05, 4.69) is 5.32 Å². The molecule has 0 radical (unpaired) electrons. The van der Waals surface area contributed by atoms with E-state index in [4.69, 9.17) is 21.1 Å². The van der Waals surface area contributed by atoms with E-state index in [-0.39, 0.29) is 24.8 Å². The van der Waals surface area contributed by atoms with Crippen LogP contribution in [0.1, 0.15) is 20.3 Å². The normalized spacial score (nSPS) is 14.3. The molecule has 1 heterocycles. The molecule has 0 unspecified atom stereocenters. The summed E-state index contributed by atoms with van der Waals surface area (Å²) in [5.41, 5.74) is 0.0776. The molecule has 0 bridgehead atoms. The van der Waals surface area contributed by atoms with Crippen molar-refractivity contribution < 1.29 is 19.1 Å². The zero-order chi connectivity index (χ0) is 22.7. The zero-order valence-electron chi connectivity index (χ0n) is 17.8. The van der Waals surface area contributed by atoms with Crippen molar-refractivity contribution in [3.63, 3.8) is 0 Å². The van der Waals surface area contributed by atoms with Gasteiger partial charge in [-0.1, -0.05) is 41.9 Å². The Morgan fingerprint density at radius 3 is 2.56 bits per heavy atom. The summed E-state index contributed by atoms with van der Waals surface area (Å²) >= 11 is 6.13. The van der Waals surface area contributed by atoms with Crippen LogP contribution in [0.3, 0.4) is 0 Å². The first kappa shape index (κ1) is 21.7. The Balaban J connectivity index is 1.47. The quantitative estimate of drug-likeness (QED) is 0.525. The van der Waals surface area contributed by atoms with Gasteiger partial charge in [-0.25, -0.2) is 0 Å². The van der Waals surface area contributed by atoms with Gasteiger partial charge in [0.15, 0.2) is 11.4 Å². The molecule has 0 aliphatic carbocycles. The van der Waals surface area contributed by atoms with Gasteiger partial charge in [0.25, 0.3) is 5.91 Å². The van der Waals surface area contributed by atoms with Crippen molar-refractivity contribution in [2.45, 2.75) is 25.9 Å². The Morgan fingerprint density at radius 2 is 1.78 bits per heavy atom. The summed E-state index contributed by atoms with van der Waals surface area (Å²) in [6.45, 7) is 3.60. The monoisotopic (exact) mass is 450 g/mol. The first-order valence-electron chi connectivity index (χ1n) is 10.3. The maximum absolute atomic E-state index is 13.0. The summed E-state index contributed by atoms with van der Waals surface area (Å²) in [5.74, 6) is 1.29. The second-order valence-electron chi connectivity index (χ2n) is 7.89. The highest BCUT2D eigenvalue weighted by molar-refractivity contribution is 6.31. The molecule has 0 atom stereocenters. The van der Waals surface area contributed by atoms with E-state index < -0.39 is 5.60 Å². The van der Waals surface area contributed by atoms with E-state index in [1.807, 2.05) is 42.5 Å². The maximum atomic E-state index is 13.0. The predicted octanol–water partition coefficient (Wildman–Crippen LogP) is 5.67. The molecule has 1 N–H and O–H groups in total. The standard InChI is InChI=1S/C25H23ClN2O4/c1-25(2)24(30)28(20-16-17(26)12-13-22(20)32-25)15-14-23(29)27-19-10-6-7-11-21(19)31-18-8-4-3-5-9-18/h3-13,16H,14-15H2,1-2H3,(H,27,29). The fourth-order valence-corrected chi connectivity index (χ4v) is 3.63. The van der Waals surface area contributed by atoms with Crippen molar-refractivity contribution in [3.05, 3.63) is 77.8 Å². The second kappa shape index (κ2) is 8.93. The summed E-state index contributed by atoms with van der Waals surface area (Å²) in [4.78, 5) is 27.3. The highest BCUT2D eigenvalue weighted by Crippen LogP contribution is 2.39. The Hall–Kier alpha value is -3.51. The number of hydrogen-bond donors (Lipinski definition) is 1. The van der Waals surface area contributed by atoms with E-state index in [1.165, 1.54) is 0 Å². The number of benzene rings is 3. The molecule has 0 saturated carbocycles. The highest BCUT2D eigenvalue weighted by Gasteiger charge is 2.40. The minimum Gasteiger partial charge on any atom is -0.476 e. The van der Waals surface area contributed by atoms with Crippen molar-refractivity contribution in [1.82, 2.24) is 0 Å². The van der Waals surface area contributed by atoms with Gasteiger partial charge in [0.2, 0.25) is 5.91 Å². The fraction of sp³-hybridized carbons (Fsp3) is 0.200. The van der Waals surface area contributed by atoms with Crippen molar-refractivity contribution in [2.24, 2.45) is 0 Å². The van der Waals surface area contributed by atoms with E-state index in [0.29, 0.717) is 33.6 Å². The average Bonchev–Trinajstić information content (AvgIpc) is 2.77. The predicted molar refractivity (Wildman–Crippen MR) is 125 cm³/mol. The lowest BCUT2D eigenvalue weighted by molar-refractivity contribution is -0.132. The van der Waals surface area contributed by atoms with E-state index >= 15 is 0 Å². The third kappa shape index (κ3) is 4.70. The van der Waals surface area contributed by atoms with E-state index in [0.717, 1.165) is 0 Å². The molecule has 0 aromatic heterocycles. The molecule has 2 amide bonds. The van der Waals surface area contributed by atoms with Crippen LogP contribution in [0.15, 0.2) is 72.8 Å². The topological polar surface area (TPSA) is 67.9 Å². The number of halogens is 1. The third-order valence-corrected chi connectivity index (χ3v) is 5.27. The summed E-state index contributed by atoms with van der Waals surface area (Å²) in [7, 11) is 0. The van der Waals surface area contributed by atoms with Gasteiger partial charge in [0.05, 0.1) is 11.4 Å². The van der Waals surface area contributed by atoms with Crippen molar-refractivity contribution in [1.29, 1.82) is 0 Å². The number of anilines is 2. The molecule has 4 rings (SSSR count). The summed E-state index contributed by atoms with van der Waals surface area (Å²) in [6, 6.07) is 21.7. The lowest BCUT2D eigenvalue weighted by Gasteiger charge is -2.38. The minimum absolute atomic E-state index is 0.0907. The van der Waals surface area contributed by atoms with Gasteiger partial charge in [-0.3, -0.25) is 9.59 Å². The molecule has 0 saturated heterocycles. The highest BCUT2D eigenvalue weighted by atomic mass is 35.5. The van der Waals surface area contributed by atoms with E-state index in [9.17, 15) is 9.59 Å². The third-order valence-electron chi connectivity index (χ3n) is 5.03. The molecule has 32 heavy (non-hydrogen) atoms. The largest absolute Gasteiger partial charge is 0.476 e.